The van der Waals surface area contributed by atoms with E-state index < -0.39 is 25.9 Å². The van der Waals surface area contributed by atoms with Gasteiger partial charge in [-0.25, -0.2) is 0 Å². The Hall–Kier alpha value is -0.603. The highest BCUT2D eigenvalue weighted by Gasteiger charge is 2.39. The van der Waals surface area contributed by atoms with Crippen LogP contribution in [-0.2, 0) is 0 Å². The number of unbranched alkanes of at least 4 members (excludes halogenated alkanes) is 5. The Bertz CT molecular complexity index is 542. The molecule has 0 spiro atoms. The van der Waals surface area contributed by atoms with Gasteiger partial charge in [0.05, 0.1) is 12.2 Å². The lowest BCUT2D eigenvalue weighted by Crippen LogP contribution is -2.28. The van der Waals surface area contributed by atoms with Crippen LogP contribution >= 0.6 is 0 Å². The van der Waals surface area contributed by atoms with E-state index in [0.29, 0.717) is 19.3 Å². The second-order valence-corrected chi connectivity index (χ2v) is 14.8. The van der Waals surface area contributed by atoms with Crippen LogP contribution in [0.4, 0.5) is 0 Å². The normalized spacial score (nSPS) is 27.0. The standard InChI is InChI=1S/C25H46O3Si/c1-6-8-10-11-12-14-21-22(24(27)20-23(21)26)15-13-17-25(28,16-9-7-2)18-19-29(3,4)5/h13,15,21-24,26-28H,6-12,14,16-17,20H2,1-5H3/t21-,22-,23+,24-,25?/m1/s1. The van der Waals surface area contributed by atoms with Crippen LogP contribution in [0.2, 0.25) is 19.6 Å². The van der Waals surface area contributed by atoms with Crippen LogP contribution in [-0.4, -0.2) is 41.2 Å². The Labute approximate surface area is 181 Å². The summed E-state index contributed by atoms with van der Waals surface area (Å²) in [7, 11) is -1.55. The Kier molecular flexibility index (Phi) is 11.8. The van der Waals surface area contributed by atoms with Crippen LogP contribution in [0.5, 0.6) is 0 Å². The van der Waals surface area contributed by atoms with Gasteiger partial charge in [0.25, 0.3) is 0 Å². The van der Waals surface area contributed by atoms with Gasteiger partial charge in [0.1, 0.15) is 13.7 Å². The van der Waals surface area contributed by atoms with Crippen LogP contribution in [0.15, 0.2) is 12.2 Å². The van der Waals surface area contributed by atoms with Crippen molar-refractivity contribution in [2.45, 2.75) is 122 Å². The summed E-state index contributed by atoms with van der Waals surface area (Å²) in [6.45, 7) is 10.9. The van der Waals surface area contributed by atoms with Gasteiger partial charge in [-0.3, -0.25) is 0 Å². The third-order valence-electron chi connectivity index (χ3n) is 5.98. The van der Waals surface area contributed by atoms with Gasteiger partial charge in [0.15, 0.2) is 0 Å². The van der Waals surface area contributed by atoms with Gasteiger partial charge in [-0.15, -0.1) is 5.54 Å². The first-order valence-electron chi connectivity index (χ1n) is 11.9. The molecule has 29 heavy (non-hydrogen) atoms. The van der Waals surface area contributed by atoms with Crippen LogP contribution in [0.1, 0.15) is 84.5 Å². The Morgan fingerprint density at radius 3 is 2.24 bits per heavy atom. The topological polar surface area (TPSA) is 60.7 Å². The molecular formula is C25H46O3Si. The van der Waals surface area contributed by atoms with Gasteiger partial charge >= 0.3 is 0 Å². The molecule has 1 aliphatic carbocycles. The molecule has 3 N–H and O–H groups in total. The van der Waals surface area contributed by atoms with Gasteiger partial charge in [-0.2, -0.15) is 0 Å². The van der Waals surface area contributed by atoms with Gasteiger partial charge in [-0.05, 0) is 25.2 Å². The predicted octanol–water partition coefficient (Wildman–Crippen LogP) is 5.45. The number of hydrogen-bond donors (Lipinski definition) is 3. The van der Waals surface area contributed by atoms with Gasteiger partial charge in [0, 0.05) is 18.8 Å². The zero-order chi connectivity index (χ0) is 21.9. The molecular weight excluding hydrogens is 376 g/mol. The molecule has 0 heterocycles. The van der Waals surface area contributed by atoms with Crippen LogP contribution in [0.3, 0.4) is 0 Å². The largest absolute Gasteiger partial charge is 0.393 e. The zero-order valence-corrected chi connectivity index (χ0v) is 20.6. The highest BCUT2D eigenvalue weighted by molar-refractivity contribution is 6.83. The van der Waals surface area contributed by atoms with E-state index in [1.54, 1.807) is 0 Å². The summed E-state index contributed by atoms with van der Waals surface area (Å²) in [5.41, 5.74) is 2.35. The molecule has 1 fully saturated rings. The lowest BCUT2D eigenvalue weighted by Gasteiger charge is -2.23. The van der Waals surface area contributed by atoms with E-state index in [9.17, 15) is 15.3 Å². The highest BCUT2D eigenvalue weighted by Crippen LogP contribution is 2.37. The van der Waals surface area contributed by atoms with Crippen molar-refractivity contribution in [3.63, 3.8) is 0 Å². The molecule has 1 saturated carbocycles. The first kappa shape index (κ1) is 26.4. The Balaban J connectivity index is 2.74. The van der Waals surface area contributed by atoms with Crippen molar-refractivity contribution in [3.05, 3.63) is 12.2 Å². The van der Waals surface area contributed by atoms with E-state index in [1.165, 1.54) is 25.7 Å². The monoisotopic (exact) mass is 422 g/mol. The maximum absolute atomic E-state index is 11.1. The van der Waals surface area contributed by atoms with Crippen molar-refractivity contribution in [3.8, 4) is 11.5 Å². The van der Waals surface area contributed by atoms with Crippen molar-refractivity contribution < 1.29 is 15.3 Å². The molecule has 3 nitrogen and oxygen atoms in total. The Morgan fingerprint density at radius 1 is 0.966 bits per heavy atom. The number of aliphatic hydroxyl groups excluding tert-OH is 2. The SMILES string of the molecule is CCCCCCC[C@@H]1[C@@H](C=CCC(O)(C#C[Si](C)(C)C)CCCC)[C@H](O)C[C@@H]1O. The number of aliphatic hydroxyl groups is 3. The molecule has 0 bridgehead atoms. The van der Waals surface area contributed by atoms with Crippen LogP contribution < -0.4 is 0 Å². The minimum atomic E-state index is -1.55. The van der Waals surface area contributed by atoms with Gasteiger partial charge in [-0.1, -0.05) is 90.1 Å². The fraction of sp³-hybridized carbons (Fsp3) is 0.840. The van der Waals surface area contributed by atoms with Gasteiger partial charge in [0.2, 0.25) is 0 Å². The van der Waals surface area contributed by atoms with E-state index in [1.807, 2.05) is 12.2 Å². The van der Waals surface area contributed by atoms with E-state index in [0.717, 1.165) is 25.7 Å². The molecule has 0 aromatic rings. The van der Waals surface area contributed by atoms with Crippen molar-refractivity contribution in [1.82, 2.24) is 0 Å². The smallest absolute Gasteiger partial charge is 0.129 e. The summed E-state index contributed by atoms with van der Waals surface area (Å²) in [5.74, 6) is 3.29. The maximum atomic E-state index is 11.1. The molecule has 5 atom stereocenters. The van der Waals surface area contributed by atoms with Crippen molar-refractivity contribution in [2.75, 3.05) is 0 Å². The van der Waals surface area contributed by atoms with Crippen molar-refractivity contribution >= 4 is 8.07 Å². The van der Waals surface area contributed by atoms with Gasteiger partial charge < -0.3 is 15.3 Å². The highest BCUT2D eigenvalue weighted by atomic mass is 28.3. The third kappa shape index (κ3) is 10.3. The first-order valence-corrected chi connectivity index (χ1v) is 15.4. The molecule has 0 saturated heterocycles. The second kappa shape index (κ2) is 12.9. The fourth-order valence-electron chi connectivity index (χ4n) is 4.17. The average molecular weight is 423 g/mol. The second-order valence-electron chi connectivity index (χ2n) is 10.1. The third-order valence-corrected chi connectivity index (χ3v) is 6.86. The summed E-state index contributed by atoms with van der Waals surface area (Å²) >= 11 is 0. The first-order chi connectivity index (χ1) is 13.6. The van der Waals surface area contributed by atoms with Crippen LogP contribution in [0.25, 0.3) is 0 Å². The molecule has 1 unspecified atom stereocenters. The lowest BCUT2D eigenvalue weighted by atomic mass is 9.87. The minimum Gasteiger partial charge on any atom is -0.393 e. The predicted molar refractivity (Wildman–Crippen MR) is 126 cm³/mol. The van der Waals surface area contributed by atoms with Crippen LogP contribution in [0, 0.1) is 23.3 Å². The van der Waals surface area contributed by atoms with E-state index >= 15 is 0 Å². The lowest BCUT2D eigenvalue weighted by molar-refractivity contribution is 0.0915. The summed E-state index contributed by atoms with van der Waals surface area (Å²) in [5, 5.41) is 31.9. The van der Waals surface area contributed by atoms with E-state index in [2.05, 4.69) is 45.0 Å². The summed E-state index contributed by atoms with van der Waals surface area (Å²) in [4.78, 5) is 0. The van der Waals surface area contributed by atoms with E-state index in [4.69, 9.17) is 0 Å². The summed E-state index contributed by atoms with van der Waals surface area (Å²) in [6.07, 6.45) is 13.8. The Morgan fingerprint density at radius 2 is 1.62 bits per heavy atom. The molecule has 0 aromatic heterocycles. The zero-order valence-electron chi connectivity index (χ0n) is 19.6. The molecule has 0 aliphatic heterocycles. The summed E-state index contributed by atoms with van der Waals surface area (Å²) < 4.78 is 0. The molecule has 0 amide bonds. The maximum Gasteiger partial charge on any atom is 0.129 e. The van der Waals surface area contributed by atoms with Crippen molar-refractivity contribution in [2.24, 2.45) is 11.8 Å². The molecule has 0 radical (unpaired) electrons. The van der Waals surface area contributed by atoms with E-state index in [-0.39, 0.29) is 11.8 Å². The fourth-order valence-corrected chi connectivity index (χ4v) is 4.78. The quantitative estimate of drug-likeness (QED) is 0.169. The average Bonchev–Trinajstić information content (AvgIpc) is 2.91. The number of rotatable bonds is 12. The molecule has 168 valence electrons. The molecule has 0 aromatic carbocycles. The molecule has 1 rings (SSSR count). The van der Waals surface area contributed by atoms with Crippen molar-refractivity contribution in [1.29, 1.82) is 0 Å². The number of hydrogen-bond acceptors (Lipinski definition) is 3. The minimum absolute atomic E-state index is 0.0171. The summed E-state index contributed by atoms with van der Waals surface area (Å²) in [6, 6.07) is 0. The molecule has 4 heteroatoms. The molecule has 1 aliphatic rings.